The van der Waals surface area contributed by atoms with Gasteiger partial charge in [0, 0.05) is 22.8 Å². The molecule has 2 heterocycles. The van der Waals surface area contributed by atoms with E-state index in [1.807, 2.05) is 30.3 Å². The number of nitrogens with zero attached hydrogens (tertiary/aromatic N) is 1. The van der Waals surface area contributed by atoms with E-state index in [1.54, 1.807) is 6.20 Å². The lowest BCUT2D eigenvalue weighted by atomic mass is 10.1. The number of rotatable bonds is 0. The van der Waals surface area contributed by atoms with Gasteiger partial charge in [0.15, 0.2) is 0 Å². The summed E-state index contributed by atoms with van der Waals surface area (Å²) >= 11 is 0. The highest BCUT2D eigenvalue weighted by atomic mass is 16.5. The molecule has 0 radical (unpaired) electrons. The van der Waals surface area contributed by atoms with Crippen LogP contribution in [0, 0.1) is 0 Å². The molecule has 3 nitrogen and oxygen atoms in total. The molecule has 2 aromatic rings. The summed E-state index contributed by atoms with van der Waals surface area (Å²) in [6.45, 7) is 0.459. The van der Waals surface area contributed by atoms with Crippen molar-refractivity contribution in [2.75, 3.05) is 6.61 Å². The zero-order chi connectivity index (χ0) is 10.3. The van der Waals surface area contributed by atoms with Gasteiger partial charge in [-0.2, -0.15) is 0 Å². The summed E-state index contributed by atoms with van der Waals surface area (Å²) in [6, 6.07) is 7.88. The summed E-state index contributed by atoms with van der Waals surface area (Å²) in [5.41, 5.74) is 8.45. The molecule has 0 saturated carbocycles. The molecule has 74 valence electrons. The van der Waals surface area contributed by atoms with E-state index in [0.717, 1.165) is 27.9 Å². The van der Waals surface area contributed by atoms with Crippen LogP contribution in [-0.2, 0) is 0 Å². The van der Waals surface area contributed by atoms with Gasteiger partial charge in [0.2, 0.25) is 0 Å². The van der Waals surface area contributed by atoms with Crippen LogP contribution in [0.4, 0.5) is 0 Å². The normalized spacial score (nSPS) is 14.3. The second-order valence-corrected chi connectivity index (χ2v) is 3.56. The molecular formula is C12H10N2O. The zero-order valence-electron chi connectivity index (χ0n) is 8.10. The van der Waals surface area contributed by atoms with Crippen molar-refractivity contribution in [2.24, 2.45) is 5.73 Å². The maximum Gasteiger partial charge on any atom is 0.136 e. The minimum absolute atomic E-state index is 0.459. The maximum atomic E-state index is 5.71. The Labute approximate surface area is 87.2 Å². The van der Waals surface area contributed by atoms with Crippen molar-refractivity contribution in [2.45, 2.75) is 0 Å². The molecule has 15 heavy (non-hydrogen) atoms. The van der Waals surface area contributed by atoms with Crippen molar-refractivity contribution in [3.63, 3.8) is 0 Å². The van der Waals surface area contributed by atoms with Gasteiger partial charge in [-0.1, -0.05) is 0 Å². The minimum Gasteiger partial charge on any atom is -0.486 e. The highest BCUT2D eigenvalue weighted by Crippen LogP contribution is 2.32. The van der Waals surface area contributed by atoms with Crippen LogP contribution in [0.1, 0.15) is 5.56 Å². The molecule has 1 aliphatic heterocycles. The third-order valence-corrected chi connectivity index (χ3v) is 2.49. The van der Waals surface area contributed by atoms with E-state index >= 15 is 0 Å². The third kappa shape index (κ3) is 1.24. The molecule has 3 rings (SSSR count). The summed E-state index contributed by atoms with van der Waals surface area (Å²) in [5, 5.41) is 1.04. The van der Waals surface area contributed by atoms with Gasteiger partial charge in [-0.25, -0.2) is 0 Å². The molecular weight excluding hydrogens is 188 g/mol. The number of hydrogen-bond acceptors (Lipinski definition) is 3. The van der Waals surface area contributed by atoms with E-state index in [0.29, 0.717) is 6.61 Å². The Morgan fingerprint density at radius 1 is 1.27 bits per heavy atom. The molecule has 0 bridgehead atoms. The molecule has 1 aliphatic rings. The van der Waals surface area contributed by atoms with E-state index in [9.17, 15) is 0 Å². The second-order valence-electron chi connectivity index (χ2n) is 3.56. The largest absolute Gasteiger partial charge is 0.486 e. The Morgan fingerprint density at radius 2 is 2.20 bits per heavy atom. The number of fused-ring (bicyclic) bond motifs is 3. The first-order valence-electron chi connectivity index (χ1n) is 4.81. The van der Waals surface area contributed by atoms with Crippen LogP contribution in [-0.4, -0.2) is 11.6 Å². The first-order valence-corrected chi connectivity index (χ1v) is 4.81. The number of ether oxygens (including phenoxy) is 1. The summed E-state index contributed by atoms with van der Waals surface area (Å²) in [5.74, 6) is 0.884. The van der Waals surface area contributed by atoms with Gasteiger partial charge < -0.3 is 10.5 Å². The average Bonchev–Trinajstić information content (AvgIpc) is 2.28. The van der Waals surface area contributed by atoms with Crippen molar-refractivity contribution in [1.82, 2.24) is 4.98 Å². The number of hydrogen-bond donors (Lipinski definition) is 1. The molecule has 1 aromatic carbocycles. The first kappa shape index (κ1) is 8.29. The Kier molecular flexibility index (Phi) is 1.65. The van der Waals surface area contributed by atoms with E-state index in [-0.39, 0.29) is 0 Å². The van der Waals surface area contributed by atoms with Crippen LogP contribution >= 0.6 is 0 Å². The van der Waals surface area contributed by atoms with Crippen LogP contribution < -0.4 is 10.5 Å². The van der Waals surface area contributed by atoms with Crippen molar-refractivity contribution in [3.05, 3.63) is 41.7 Å². The Morgan fingerprint density at radius 3 is 3.13 bits per heavy atom. The molecule has 0 spiro atoms. The molecule has 0 atom stereocenters. The summed E-state index contributed by atoms with van der Waals surface area (Å²) in [6.07, 6.45) is 3.73. The van der Waals surface area contributed by atoms with Gasteiger partial charge in [-0.15, -0.1) is 0 Å². The second kappa shape index (κ2) is 2.98. The van der Waals surface area contributed by atoms with Gasteiger partial charge in [-0.05, 0) is 30.3 Å². The van der Waals surface area contributed by atoms with Gasteiger partial charge in [0.25, 0.3) is 0 Å². The third-order valence-electron chi connectivity index (χ3n) is 2.49. The van der Waals surface area contributed by atoms with E-state index in [1.165, 1.54) is 0 Å². The molecule has 1 aromatic heterocycles. The molecule has 0 saturated heterocycles. The van der Waals surface area contributed by atoms with Gasteiger partial charge in [-0.3, -0.25) is 4.98 Å². The smallest absolute Gasteiger partial charge is 0.136 e. The standard InChI is InChI=1S/C12H10N2O/c13-9-6-8-3-4-11-10(2-1-5-14-11)12(8)15-7-9/h1-6H,7,13H2. The lowest BCUT2D eigenvalue weighted by molar-refractivity contribution is 0.350. The van der Waals surface area contributed by atoms with Crippen molar-refractivity contribution in [1.29, 1.82) is 0 Å². The summed E-state index contributed by atoms with van der Waals surface area (Å²) in [7, 11) is 0. The van der Waals surface area contributed by atoms with Crippen molar-refractivity contribution in [3.8, 4) is 5.75 Å². The number of aromatic nitrogens is 1. The minimum atomic E-state index is 0.459. The highest BCUT2D eigenvalue weighted by molar-refractivity contribution is 5.89. The zero-order valence-corrected chi connectivity index (χ0v) is 8.10. The Balaban J connectivity index is 2.35. The van der Waals surface area contributed by atoms with Gasteiger partial charge in [0.05, 0.1) is 5.52 Å². The lowest BCUT2D eigenvalue weighted by Crippen LogP contribution is -2.13. The predicted octanol–water partition coefficient (Wildman–Crippen LogP) is 1.93. The van der Waals surface area contributed by atoms with E-state index < -0.39 is 0 Å². The van der Waals surface area contributed by atoms with Gasteiger partial charge >= 0.3 is 0 Å². The average molecular weight is 198 g/mol. The molecule has 0 unspecified atom stereocenters. The van der Waals surface area contributed by atoms with Crippen molar-refractivity contribution < 1.29 is 4.74 Å². The van der Waals surface area contributed by atoms with Gasteiger partial charge in [0.1, 0.15) is 12.4 Å². The van der Waals surface area contributed by atoms with Crippen LogP contribution in [0.15, 0.2) is 36.2 Å². The molecule has 0 fully saturated rings. The summed E-state index contributed by atoms with van der Waals surface area (Å²) in [4.78, 5) is 4.28. The molecule has 0 amide bonds. The fourth-order valence-corrected chi connectivity index (χ4v) is 1.81. The molecule has 0 aliphatic carbocycles. The monoisotopic (exact) mass is 198 g/mol. The fourth-order valence-electron chi connectivity index (χ4n) is 1.81. The highest BCUT2D eigenvalue weighted by Gasteiger charge is 2.12. The van der Waals surface area contributed by atoms with E-state index in [2.05, 4.69) is 4.98 Å². The summed E-state index contributed by atoms with van der Waals surface area (Å²) < 4.78 is 5.62. The van der Waals surface area contributed by atoms with Crippen LogP contribution in [0.3, 0.4) is 0 Å². The predicted molar refractivity (Wildman–Crippen MR) is 59.4 cm³/mol. The van der Waals surface area contributed by atoms with Crippen molar-refractivity contribution >= 4 is 17.0 Å². The van der Waals surface area contributed by atoms with Crippen LogP contribution in [0.25, 0.3) is 17.0 Å². The fraction of sp³-hybridized carbons (Fsp3) is 0.0833. The Bertz CT molecular complexity index is 561. The number of nitrogens with two attached hydrogens (primary N) is 1. The first-order chi connectivity index (χ1) is 7.34. The number of benzene rings is 1. The van der Waals surface area contributed by atoms with E-state index in [4.69, 9.17) is 10.5 Å². The Hall–Kier alpha value is -2.03. The lowest BCUT2D eigenvalue weighted by Gasteiger charge is -2.17. The molecule has 2 N–H and O–H groups in total. The van der Waals surface area contributed by atoms with Crippen LogP contribution in [0.2, 0.25) is 0 Å². The molecule has 3 heteroatoms. The number of pyridine rings is 1. The maximum absolute atomic E-state index is 5.71. The topological polar surface area (TPSA) is 48.1 Å². The SMILES string of the molecule is NC1=Cc2ccc3ncccc3c2OC1. The quantitative estimate of drug-likeness (QED) is 0.703. The van der Waals surface area contributed by atoms with Crippen LogP contribution in [0.5, 0.6) is 5.75 Å².